The van der Waals surface area contributed by atoms with Crippen LogP contribution in [0.5, 0.6) is 0 Å². The molecule has 0 saturated heterocycles. The number of hydrogen-bond acceptors (Lipinski definition) is 4. The normalized spacial score (nSPS) is 13.4. The van der Waals surface area contributed by atoms with Crippen molar-refractivity contribution in [1.82, 2.24) is 4.90 Å². The lowest BCUT2D eigenvalue weighted by Crippen LogP contribution is -2.31. The van der Waals surface area contributed by atoms with Gasteiger partial charge in [0.1, 0.15) is 4.34 Å². The van der Waals surface area contributed by atoms with Crippen LogP contribution >= 0.6 is 50.6 Å². The van der Waals surface area contributed by atoms with Gasteiger partial charge in [-0.05, 0) is 35.3 Å². The molecular weight excluding hydrogens is 328 g/mol. The largest absolute Gasteiger partial charge is 0.329 e. The van der Waals surface area contributed by atoms with Crippen molar-refractivity contribution < 1.29 is 0 Å². The smallest absolute Gasteiger partial charge is 0.107 e. The molecule has 92 valence electrons. The highest BCUT2D eigenvalue weighted by atomic mass is 79.9. The maximum absolute atomic E-state index is 6.05. The Labute approximate surface area is 119 Å². The molecule has 0 bridgehead atoms. The first-order chi connectivity index (χ1) is 7.60. The second-order valence-electron chi connectivity index (χ2n) is 3.50. The third-order valence-corrected chi connectivity index (χ3v) is 5.56. The van der Waals surface area contributed by atoms with E-state index in [0.29, 0.717) is 6.54 Å². The molecule has 0 amide bonds. The molecule has 0 radical (unpaired) electrons. The number of halogens is 2. The lowest BCUT2D eigenvalue weighted by Gasteiger charge is -2.25. The average Bonchev–Trinajstić information content (AvgIpc) is 2.57. The van der Waals surface area contributed by atoms with Crippen LogP contribution in [0.15, 0.2) is 10.5 Å². The highest BCUT2D eigenvalue weighted by Crippen LogP contribution is 2.36. The van der Waals surface area contributed by atoms with Gasteiger partial charge in [-0.1, -0.05) is 11.6 Å². The first kappa shape index (κ1) is 14.8. The zero-order chi connectivity index (χ0) is 12.1. The average molecular weight is 344 g/mol. The van der Waals surface area contributed by atoms with Crippen molar-refractivity contribution in [3.63, 3.8) is 0 Å². The SMILES string of the molecule is CSCCN(C)C(CN)c1cc(Br)c(Cl)s1. The Morgan fingerprint density at radius 3 is 2.81 bits per heavy atom. The summed E-state index contributed by atoms with van der Waals surface area (Å²) in [5.41, 5.74) is 5.84. The zero-order valence-corrected chi connectivity index (χ0v) is 13.3. The van der Waals surface area contributed by atoms with Gasteiger partial charge >= 0.3 is 0 Å². The Hall–Kier alpha value is 0.740. The number of rotatable bonds is 6. The van der Waals surface area contributed by atoms with Gasteiger partial charge in [-0.3, -0.25) is 4.90 Å². The fourth-order valence-corrected chi connectivity index (χ4v) is 3.82. The van der Waals surface area contributed by atoms with E-state index in [1.54, 1.807) is 11.3 Å². The third-order valence-electron chi connectivity index (χ3n) is 2.40. The lowest BCUT2D eigenvalue weighted by molar-refractivity contribution is 0.269. The zero-order valence-electron chi connectivity index (χ0n) is 9.37. The summed E-state index contributed by atoms with van der Waals surface area (Å²) in [6.45, 7) is 1.66. The quantitative estimate of drug-likeness (QED) is 0.857. The van der Waals surface area contributed by atoms with Crippen molar-refractivity contribution in [2.45, 2.75) is 6.04 Å². The Morgan fingerprint density at radius 1 is 1.69 bits per heavy atom. The summed E-state index contributed by atoms with van der Waals surface area (Å²) < 4.78 is 1.76. The number of nitrogens with two attached hydrogens (primary N) is 1. The minimum Gasteiger partial charge on any atom is -0.329 e. The van der Waals surface area contributed by atoms with Gasteiger partial charge in [0.15, 0.2) is 0 Å². The predicted molar refractivity (Wildman–Crippen MR) is 79.8 cm³/mol. The van der Waals surface area contributed by atoms with Crippen molar-refractivity contribution >= 4 is 50.6 Å². The van der Waals surface area contributed by atoms with Gasteiger partial charge in [-0.15, -0.1) is 11.3 Å². The van der Waals surface area contributed by atoms with Crippen molar-refractivity contribution in [1.29, 1.82) is 0 Å². The van der Waals surface area contributed by atoms with Gasteiger partial charge < -0.3 is 5.73 Å². The van der Waals surface area contributed by atoms with E-state index < -0.39 is 0 Å². The Bertz CT molecular complexity index is 313. The molecule has 2 nitrogen and oxygen atoms in total. The van der Waals surface area contributed by atoms with E-state index in [1.165, 1.54) is 4.88 Å². The molecule has 1 heterocycles. The van der Waals surface area contributed by atoms with E-state index >= 15 is 0 Å². The van der Waals surface area contributed by atoms with Gasteiger partial charge in [-0.2, -0.15) is 11.8 Å². The summed E-state index contributed by atoms with van der Waals surface area (Å²) >= 11 is 12.9. The summed E-state index contributed by atoms with van der Waals surface area (Å²) in [5.74, 6) is 1.12. The molecule has 0 saturated carbocycles. The maximum atomic E-state index is 6.05. The standard InChI is InChI=1S/C10H16BrClN2S2/c1-14(3-4-15-2)8(6-13)9-5-7(11)10(12)16-9/h5,8H,3-4,6,13H2,1-2H3. The summed E-state index contributed by atoms with van der Waals surface area (Å²) in [5, 5.41) is 0. The summed E-state index contributed by atoms with van der Waals surface area (Å²) in [4.78, 5) is 3.51. The van der Waals surface area contributed by atoms with Crippen LogP contribution in [0, 0.1) is 0 Å². The van der Waals surface area contributed by atoms with Gasteiger partial charge in [0.25, 0.3) is 0 Å². The van der Waals surface area contributed by atoms with E-state index in [4.69, 9.17) is 17.3 Å². The van der Waals surface area contributed by atoms with E-state index in [-0.39, 0.29) is 6.04 Å². The Balaban J connectivity index is 2.73. The fourth-order valence-electron chi connectivity index (χ4n) is 1.43. The monoisotopic (exact) mass is 342 g/mol. The highest BCUT2D eigenvalue weighted by Gasteiger charge is 2.18. The van der Waals surface area contributed by atoms with Gasteiger partial charge in [0, 0.05) is 28.2 Å². The number of thiophene rings is 1. The number of likely N-dealkylation sites (N-methyl/N-ethyl adjacent to an activating group) is 1. The van der Waals surface area contributed by atoms with Crippen LogP contribution in [0.25, 0.3) is 0 Å². The van der Waals surface area contributed by atoms with E-state index in [1.807, 2.05) is 11.8 Å². The molecule has 1 aromatic heterocycles. The number of hydrogen-bond donors (Lipinski definition) is 1. The molecular formula is C10H16BrClN2S2. The minimum atomic E-state index is 0.265. The molecule has 0 aliphatic rings. The highest BCUT2D eigenvalue weighted by molar-refractivity contribution is 9.10. The number of nitrogens with zero attached hydrogens (tertiary/aromatic N) is 1. The fraction of sp³-hybridized carbons (Fsp3) is 0.600. The molecule has 2 N–H and O–H groups in total. The third kappa shape index (κ3) is 3.89. The molecule has 1 unspecified atom stereocenters. The van der Waals surface area contributed by atoms with Crippen molar-refractivity contribution in [2.75, 3.05) is 32.1 Å². The van der Waals surface area contributed by atoms with Crippen LogP contribution in [0.3, 0.4) is 0 Å². The van der Waals surface area contributed by atoms with Crippen LogP contribution in [0.1, 0.15) is 10.9 Å². The van der Waals surface area contributed by atoms with E-state index in [0.717, 1.165) is 21.1 Å². The lowest BCUT2D eigenvalue weighted by atomic mass is 10.2. The predicted octanol–water partition coefficient (Wildman–Crippen LogP) is 3.46. The molecule has 0 spiro atoms. The molecule has 0 aliphatic carbocycles. The van der Waals surface area contributed by atoms with E-state index in [2.05, 4.69) is 40.2 Å². The van der Waals surface area contributed by atoms with Crippen LogP contribution in [-0.2, 0) is 0 Å². The van der Waals surface area contributed by atoms with E-state index in [9.17, 15) is 0 Å². The van der Waals surface area contributed by atoms with Gasteiger partial charge in [0.05, 0.1) is 6.04 Å². The molecule has 0 fully saturated rings. The second kappa shape index (κ2) is 7.24. The molecule has 6 heteroatoms. The van der Waals surface area contributed by atoms with Crippen LogP contribution in [0.4, 0.5) is 0 Å². The van der Waals surface area contributed by atoms with Gasteiger partial charge in [-0.25, -0.2) is 0 Å². The Morgan fingerprint density at radius 2 is 2.38 bits per heavy atom. The molecule has 1 aromatic rings. The molecule has 1 atom stereocenters. The summed E-state index contributed by atoms with van der Waals surface area (Å²) in [7, 11) is 2.11. The summed E-state index contributed by atoms with van der Waals surface area (Å²) in [6, 6.07) is 2.33. The molecule has 1 rings (SSSR count). The topological polar surface area (TPSA) is 29.3 Å². The molecule has 0 aromatic carbocycles. The first-order valence-corrected chi connectivity index (χ1v) is 8.32. The Kier molecular flexibility index (Phi) is 6.69. The van der Waals surface area contributed by atoms with Crippen LogP contribution in [-0.4, -0.2) is 37.0 Å². The second-order valence-corrected chi connectivity index (χ2v) is 7.02. The van der Waals surface area contributed by atoms with Crippen LogP contribution in [0.2, 0.25) is 4.34 Å². The van der Waals surface area contributed by atoms with Crippen molar-refractivity contribution in [3.8, 4) is 0 Å². The number of thioether (sulfide) groups is 1. The van der Waals surface area contributed by atoms with Crippen LogP contribution < -0.4 is 5.73 Å². The summed E-state index contributed by atoms with van der Waals surface area (Å²) in [6.07, 6.45) is 2.11. The first-order valence-electron chi connectivity index (χ1n) is 4.94. The minimum absolute atomic E-state index is 0.265. The molecule has 0 aliphatic heterocycles. The van der Waals surface area contributed by atoms with Crippen molar-refractivity contribution in [2.24, 2.45) is 5.73 Å². The van der Waals surface area contributed by atoms with Gasteiger partial charge in [0.2, 0.25) is 0 Å². The molecule has 16 heavy (non-hydrogen) atoms. The maximum Gasteiger partial charge on any atom is 0.107 e. The van der Waals surface area contributed by atoms with Crippen molar-refractivity contribution in [3.05, 3.63) is 19.8 Å².